The van der Waals surface area contributed by atoms with E-state index in [2.05, 4.69) is 22.2 Å². The molecule has 1 aliphatic carbocycles. The Morgan fingerprint density at radius 3 is 3.05 bits per heavy atom. The van der Waals surface area contributed by atoms with Crippen molar-refractivity contribution >= 4 is 11.6 Å². The Kier molecular flexibility index (Phi) is 4.37. The number of rotatable bonds is 4. The first kappa shape index (κ1) is 13.8. The maximum absolute atomic E-state index is 11.6. The Balaban J connectivity index is 2.19. The van der Waals surface area contributed by atoms with E-state index in [1.165, 1.54) is 12.8 Å². The van der Waals surface area contributed by atoms with Crippen molar-refractivity contribution in [3.05, 3.63) is 24.0 Å². The molecule has 104 valence electrons. The molecule has 0 spiro atoms. The molecule has 0 aromatic carbocycles. The number of nitrogens with zero attached hydrogens (tertiary/aromatic N) is 2. The van der Waals surface area contributed by atoms with Crippen molar-refractivity contribution in [3.8, 4) is 0 Å². The van der Waals surface area contributed by atoms with E-state index in [9.17, 15) is 4.79 Å². The summed E-state index contributed by atoms with van der Waals surface area (Å²) in [6, 6.07) is 4.24. The van der Waals surface area contributed by atoms with Crippen LogP contribution in [0.5, 0.6) is 0 Å². The third-order valence-electron chi connectivity index (χ3n) is 4.03. The minimum absolute atomic E-state index is 0.156. The van der Waals surface area contributed by atoms with Crippen molar-refractivity contribution in [1.29, 1.82) is 0 Å². The number of anilines is 1. The highest BCUT2D eigenvalue weighted by Crippen LogP contribution is 2.31. The van der Waals surface area contributed by atoms with Crippen LogP contribution in [-0.2, 0) is 0 Å². The van der Waals surface area contributed by atoms with Crippen LogP contribution in [0.4, 0.5) is 5.69 Å². The molecule has 19 heavy (non-hydrogen) atoms. The van der Waals surface area contributed by atoms with E-state index in [-0.39, 0.29) is 5.91 Å². The summed E-state index contributed by atoms with van der Waals surface area (Å²) in [5.41, 5.74) is 7.32. The first-order valence-corrected chi connectivity index (χ1v) is 6.78. The molecular weight excluding hydrogens is 240 g/mol. The van der Waals surface area contributed by atoms with Gasteiger partial charge in [-0.3, -0.25) is 9.78 Å². The van der Waals surface area contributed by atoms with Crippen LogP contribution in [0.3, 0.4) is 0 Å². The quantitative estimate of drug-likeness (QED) is 0.849. The predicted molar refractivity (Wildman–Crippen MR) is 76.2 cm³/mol. The zero-order valence-electron chi connectivity index (χ0n) is 11.6. The number of nitrogens with one attached hydrogen (secondary N) is 1. The molecule has 5 heteroatoms. The Hall–Kier alpha value is -1.62. The molecule has 0 bridgehead atoms. The fourth-order valence-corrected chi connectivity index (χ4v) is 2.88. The minimum atomic E-state index is -0.156. The predicted octanol–water partition coefficient (Wildman–Crippen LogP) is 1.00. The smallest absolute Gasteiger partial charge is 0.269 e. The molecule has 1 heterocycles. The number of carbonyl (C=O) groups excluding carboxylic acids is 1. The normalized spacial score (nSPS) is 22.3. The summed E-state index contributed by atoms with van der Waals surface area (Å²) in [7, 11) is 3.68. The zero-order valence-corrected chi connectivity index (χ0v) is 11.6. The molecule has 1 amide bonds. The van der Waals surface area contributed by atoms with Gasteiger partial charge < -0.3 is 16.0 Å². The molecule has 5 nitrogen and oxygen atoms in total. The average Bonchev–Trinajstić information content (AvgIpc) is 2.94. The van der Waals surface area contributed by atoms with Crippen LogP contribution in [0.2, 0.25) is 0 Å². The molecule has 0 radical (unpaired) electrons. The Bertz CT molecular complexity index is 449. The summed E-state index contributed by atoms with van der Waals surface area (Å²) in [5, 5.41) is 2.60. The summed E-state index contributed by atoms with van der Waals surface area (Å²) in [6.45, 7) is 0.725. The summed E-state index contributed by atoms with van der Waals surface area (Å²) < 4.78 is 0. The summed E-state index contributed by atoms with van der Waals surface area (Å²) in [5.74, 6) is 0.388. The SMILES string of the molecule is CNC(=O)c1cc(N(C)C2CCCC2CN)ccn1. The van der Waals surface area contributed by atoms with E-state index in [0.717, 1.165) is 18.7 Å². The van der Waals surface area contributed by atoms with Gasteiger partial charge in [-0.15, -0.1) is 0 Å². The third-order valence-corrected chi connectivity index (χ3v) is 4.03. The molecule has 2 unspecified atom stereocenters. The van der Waals surface area contributed by atoms with Crippen molar-refractivity contribution < 1.29 is 4.79 Å². The third kappa shape index (κ3) is 2.87. The lowest BCUT2D eigenvalue weighted by atomic mass is 10.0. The van der Waals surface area contributed by atoms with Crippen LogP contribution in [0, 0.1) is 5.92 Å². The number of aromatic nitrogens is 1. The Labute approximate surface area is 114 Å². The number of nitrogens with two attached hydrogens (primary N) is 1. The second-order valence-corrected chi connectivity index (χ2v) is 5.08. The molecule has 0 saturated heterocycles. The lowest BCUT2D eigenvalue weighted by Crippen LogP contribution is -2.37. The highest BCUT2D eigenvalue weighted by atomic mass is 16.1. The monoisotopic (exact) mass is 262 g/mol. The highest BCUT2D eigenvalue weighted by Gasteiger charge is 2.29. The molecule has 1 fully saturated rings. The van der Waals surface area contributed by atoms with Gasteiger partial charge >= 0.3 is 0 Å². The molecule has 1 aromatic rings. The van der Waals surface area contributed by atoms with Crippen LogP contribution < -0.4 is 16.0 Å². The highest BCUT2D eigenvalue weighted by molar-refractivity contribution is 5.92. The van der Waals surface area contributed by atoms with Crippen molar-refractivity contribution in [1.82, 2.24) is 10.3 Å². The van der Waals surface area contributed by atoms with Gasteiger partial charge in [-0.05, 0) is 37.4 Å². The van der Waals surface area contributed by atoms with E-state index in [0.29, 0.717) is 17.7 Å². The Morgan fingerprint density at radius 1 is 1.58 bits per heavy atom. The van der Waals surface area contributed by atoms with Gasteiger partial charge in [-0.1, -0.05) is 6.42 Å². The van der Waals surface area contributed by atoms with Crippen LogP contribution in [-0.4, -0.2) is 37.6 Å². The second-order valence-electron chi connectivity index (χ2n) is 5.08. The van der Waals surface area contributed by atoms with Gasteiger partial charge in [0.2, 0.25) is 0 Å². The minimum Gasteiger partial charge on any atom is -0.371 e. The van der Waals surface area contributed by atoms with Crippen molar-refractivity contribution in [2.75, 3.05) is 25.5 Å². The molecule has 1 aliphatic rings. The summed E-state index contributed by atoms with van der Waals surface area (Å²) >= 11 is 0. The maximum atomic E-state index is 11.6. The molecule has 3 N–H and O–H groups in total. The van der Waals surface area contributed by atoms with Gasteiger partial charge in [-0.25, -0.2) is 0 Å². The van der Waals surface area contributed by atoms with E-state index in [1.54, 1.807) is 13.2 Å². The molecule has 0 aliphatic heterocycles. The van der Waals surface area contributed by atoms with Gasteiger partial charge in [0.15, 0.2) is 0 Å². The first-order valence-electron chi connectivity index (χ1n) is 6.78. The van der Waals surface area contributed by atoms with Crippen LogP contribution in [0.1, 0.15) is 29.8 Å². The van der Waals surface area contributed by atoms with E-state index < -0.39 is 0 Å². The van der Waals surface area contributed by atoms with Crippen molar-refractivity contribution in [2.24, 2.45) is 11.7 Å². The van der Waals surface area contributed by atoms with E-state index in [1.807, 2.05) is 12.1 Å². The summed E-state index contributed by atoms with van der Waals surface area (Å²) in [4.78, 5) is 17.9. The molecule has 1 aromatic heterocycles. The standard InChI is InChI=1S/C14H22N4O/c1-16-14(19)12-8-11(6-7-17-12)18(2)13-5-3-4-10(13)9-15/h6-8,10,13H,3-5,9,15H2,1-2H3,(H,16,19). The lowest BCUT2D eigenvalue weighted by molar-refractivity contribution is 0.0958. The molecular formula is C14H22N4O. The van der Waals surface area contributed by atoms with Crippen LogP contribution in [0.25, 0.3) is 0 Å². The van der Waals surface area contributed by atoms with Crippen LogP contribution >= 0.6 is 0 Å². The van der Waals surface area contributed by atoms with Gasteiger partial charge in [-0.2, -0.15) is 0 Å². The maximum Gasteiger partial charge on any atom is 0.269 e. The average molecular weight is 262 g/mol. The van der Waals surface area contributed by atoms with Gasteiger partial charge in [0.25, 0.3) is 5.91 Å². The van der Waals surface area contributed by atoms with Crippen LogP contribution in [0.15, 0.2) is 18.3 Å². The van der Waals surface area contributed by atoms with Crippen molar-refractivity contribution in [2.45, 2.75) is 25.3 Å². The van der Waals surface area contributed by atoms with E-state index in [4.69, 9.17) is 5.73 Å². The number of hydrogen-bond acceptors (Lipinski definition) is 4. The largest absolute Gasteiger partial charge is 0.371 e. The topological polar surface area (TPSA) is 71.2 Å². The van der Waals surface area contributed by atoms with Gasteiger partial charge in [0.1, 0.15) is 5.69 Å². The summed E-state index contributed by atoms with van der Waals surface area (Å²) in [6.07, 6.45) is 5.27. The fourth-order valence-electron chi connectivity index (χ4n) is 2.88. The molecule has 2 rings (SSSR count). The molecule has 2 atom stereocenters. The van der Waals surface area contributed by atoms with Crippen molar-refractivity contribution in [3.63, 3.8) is 0 Å². The first-order chi connectivity index (χ1) is 9.17. The Morgan fingerprint density at radius 2 is 2.37 bits per heavy atom. The van der Waals surface area contributed by atoms with Gasteiger partial charge in [0.05, 0.1) is 0 Å². The zero-order chi connectivity index (χ0) is 13.8. The number of amides is 1. The number of carbonyl (C=O) groups is 1. The number of hydrogen-bond donors (Lipinski definition) is 2. The second kappa shape index (κ2) is 6.02. The lowest BCUT2D eigenvalue weighted by Gasteiger charge is -2.31. The van der Waals surface area contributed by atoms with Gasteiger partial charge in [0, 0.05) is 32.0 Å². The fraction of sp³-hybridized carbons (Fsp3) is 0.571. The molecule has 1 saturated carbocycles. The number of pyridine rings is 1. The van der Waals surface area contributed by atoms with E-state index >= 15 is 0 Å².